The molecule has 1 heterocycles. The molecule has 1 aliphatic heterocycles. The van der Waals surface area contributed by atoms with Crippen LogP contribution in [0.5, 0.6) is 0 Å². The van der Waals surface area contributed by atoms with Gasteiger partial charge in [0.15, 0.2) is 5.96 Å². The van der Waals surface area contributed by atoms with Crippen LogP contribution in [0.1, 0.15) is 17.3 Å². The third-order valence-corrected chi connectivity index (χ3v) is 4.42. The van der Waals surface area contributed by atoms with E-state index in [2.05, 4.69) is 41.8 Å². The Bertz CT molecular complexity index is 597. The largest absolute Gasteiger partial charge is 0.379 e. The molecule has 0 aromatic heterocycles. The molecule has 0 aliphatic carbocycles. The summed E-state index contributed by atoms with van der Waals surface area (Å²) in [6.45, 7) is 9.20. The fraction of sp³-hybridized carbons (Fsp3) is 0.556. The molecule has 27 heavy (non-hydrogen) atoms. The molecular weight excluding hydrogens is 525 g/mol. The first-order valence-electron chi connectivity index (χ1n) is 9.05. The van der Waals surface area contributed by atoms with Gasteiger partial charge >= 0.3 is 0 Å². The Kier molecular flexibility index (Phi) is 12.6. The molecule has 0 saturated carbocycles. The number of ether oxygens (including phenoxy) is 1. The van der Waals surface area contributed by atoms with Crippen molar-refractivity contribution in [1.29, 1.82) is 0 Å². The molecule has 1 amide bonds. The summed E-state index contributed by atoms with van der Waals surface area (Å²) >= 11 is 3.37. The third kappa shape index (κ3) is 9.72. The van der Waals surface area contributed by atoms with Crippen molar-refractivity contribution in [2.75, 3.05) is 59.0 Å². The minimum absolute atomic E-state index is 0. The molecule has 1 aromatic rings. The van der Waals surface area contributed by atoms with E-state index in [1.54, 1.807) is 12.1 Å². The number of hydrogen-bond acceptors (Lipinski definition) is 4. The van der Waals surface area contributed by atoms with E-state index in [0.29, 0.717) is 18.7 Å². The van der Waals surface area contributed by atoms with Crippen molar-refractivity contribution in [3.8, 4) is 0 Å². The number of morpholine rings is 1. The highest BCUT2D eigenvalue weighted by molar-refractivity contribution is 14.0. The molecule has 1 saturated heterocycles. The molecule has 3 N–H and O–H groups in total. The Labute approximate surface area is 186 Å². The standard InChI is InChI=1S/C18H28BrN5O2.HI/c1-2-20-18(23-8-9-24-10-12-26-13-11-24)22-7-6-21-17(25)15-4-3-5-16(19)14-15;/h3-5,14H,2,6-13H2,1H3,(H,21,25)(H2,20,22,23);1H. The number of aliphatic imine (C=N–C) groups is 1. The monoisotopic (exact) mass is 553 g/mol. The molecule has 152 valence electrons. The summed E-state index contributed by atoms with van der Waals surface area (Å²) in [5.74, 6) is 0.694. The average Bonchev–Trinajstić information content (AvgIpc) is 2.66. The highest BCUT2D eigenvalue weighted by Crippen LogP contribution is 2.11. The molecule has 7 nitrogen and oxygen atoms in total. The number of hydrogen-bond donors (Lipinski definition) is 3. The van der Waals surface area contributed by atoms with Crippen molar-refractivity contribution in [3.63, 3.8) is 0 Å². The van der Waals surface area contributed by atoms with E-state index in [4.69, 9.17) is 4.74 Å². The molecule has 0 radical (unpaired) electrons. The van der Waals surface area contributed by atoms with Gasteiger partial charge in [-0.15, -0.1) is 24.0 Å². The second kappa shape index (κ2) is 14.1. The minimum Gasteiger partial charge on any atom is -0.379 e. The number of halogens is 2. The van der Waals surface area contributed by atoms with Crippen LogP contribution < -0.4 is 16.0 Å². The van der Waals surface area contributed by atoms with Crippen molar-refractivity contribution in [1.82, 2.24) is 20.9 Å². The normalized spacial score (nSPS) is 15.0. The number of nitrogens with one attached hydrogen (secondary N) is 3. The molecule has 0 unspecified atom stereocenters. The third-order valence-electron chi connectivity index (χ3n) is 3.92. The van der Waals surface area contributed by atoms with Crippen LogP contribution in [0.2, 0.25) is 0 Å². The zero-order valence-electron chi connectivity index (χ0n) is 15.7. The second-order valence-corrected chi connectivity index (χ2v) is 6.82. The fourth-order valence-corrected chi connectivity index (χ4v) is 2.96. The summed E-state index contributed by atoms with van der Waals surface area (Å²) < 4.78 is 6.24. The van der Waals surface area contributed by atoms with Crippen molar-refractivity contribution in [2.45, 2.75) is 6.92 Å². The van der Waals surface area contributed by atoms with Gasteiger partial charge in [0.05, 0.1) is 19.8 Å². The lowest BCUT2D eigenvalue weighted by atomic mass is 10.2. The van der Waals surface area contributed by atoms with E-state index in [1.165, 1.54) is 0 Å². The van der Waals surface area contributed by atoms with Crippen LogP contribution in [0.15, 0.2) is 33.7 Å². The lowest BCUT2D eigenvalue weighted by Gasteiger charge is -2.25. The fourth-order valence-electron chi connectivity index (χ4n) is 2.56. The van der Waals surface area contributed by atoms with Gasteiger partial charge in [0.1, 0.15) is 0 Å². The molecule has 0 bridgehead atoms. The quantitative estimate of drug-likeness (QED) is 0.198. The highest BCUT2D eigenvalue weighted by atomic mass is 127. The summed E-state index contributed by atoms with van der Waals surface area (Å²) in [4.78, 5) is 19.0. The molecule has 1 fully saturated rings. The Hall–Kier alpha value is -0.910. The maximum absolute atomic E-state index is 12.1. The lowest BCUT2D eigenvalue weighted by molar-refractivity contribution is 0.0394. The van der Waals surface area contributed by atoms with Gasteiger partial charge in [-0.1, -0.05) is 22.0 Å². The van der Waals surface area contributed by atoms with Gasteiger partial charge in [0, 0.05) is 49.3 Å². The maximum atomic E-state index is 12.1. The number of benzene rings is 1. The van der Waals surface area contributed by atoms with E-state index >= 15 is 0 Å². The van der Waals surface area contributed by atoms with E-state index in [-0.39, 0.29) is 29.9 Å². The molecule has 9 heteroatoms. The Morgan fingerprint density at radius 2 is 1.96 bits per heavy atom. The van der Waals surface area contributed by atoms with E-state index in [0.717, 1.165) is 56.4 Å². The van der Waals surface area contributed by atoms with Crippen LogP contribution in [0.25, 0.3) is 0 Å². The summed E-state index contributed by atoms with van der Waals surface area (Å²) in [5, 5.41) is 9.38. The van der Waals surface area contributed by atoms with Gasteiger partial charge in [0.2, 0.25) is 0 Å². The van der Waals surface area contributed by atoms with Crippen LogP contribution >= 0.6 is 39.9 Å². The topological polar surface area (TPSA) is 78.0 Å². The maximum Gasteiger partial charge on any atom is 0.251 e. The zero-order chi connectivity index (χ0) is 18.6. The SMILES string of the molecule is CCNC(=NCCN1CCOCC1)NCCNC(=O)c1cccc(Br)c1.I. The first-order chi connectivity index (χ1) is 12.7. The summed E-state index contributed by atoms with van der Waals surface area (Å²) in [7, 11) is 0. The van der Waals surface area contributed by atoms with Crippen molar-refractivity contribution in [3.05, 3.63) is 34.3 Å². The molecule has 1 aliphatic rings. The molecule has 0 atom stereocenters. The number of guanidine groups is 1. The van der Waals surface area contributed by atoms with Crippen LogP contribution in [-0.4, -0.2) is 75.8 Å². The number of carbonyl (C=O) groups is 1. The smallest absolute Gasteiger partial charge is 0.251 e. The average molecular weight is 554 g/mol. The van der Waals surface area contributed by atoms with Crippen LogP contribution in [-0.2, 0) is 4.74 Å². The van der Waals surface area contributed by atoms with E-state index in [9.17, 15) is 4.79 Å². The van der Waals surface area contributed by atoms with Crippen LogP contribution in [0, 0.1) is 0 Å². The zero-order valence-corrected chi connectivity index (χ0v) is 19.6. The Morgan fingerprint density at radius 3 is 2.67 bits per heavy atom. The van der Waals surface area contributed by atoms with Gasteiger partial charge in [-0.05, 0) is 25.1 Å². The van der Waals surface area contributed by atoms with Gasteiger partial charge in [-0.25, -0.2) is 0 Å². The first kappa shape index (κ1) is 24.1. The second-order valence-electron chi connectivity index (χ2n) is 5.91. The first-order valence-corrected chi connectivity index (χ1v) is 9.84. The van der Waals surface area contributed by atoms with E-state index < -0.39 is 0 Å². The predicted molar refractivity (Wildman–Crippen MR) is 123 cm³/mol. The summed E-state index contributed by atoms with van der Waals surface area (Å²) in [6, 6.07) is 7.35. The van der Waals surface area contributed by atoms with Crippen LogP contribution in [0.3, 0.4) is 0 Å². The van der Waals surface area contributed by atoms with Gasteiger partial charge in [0.25, 0.3) is 5.91 Å². The van der Waals surface area contributed by atoms with Gasteiger partial charge in [-0.3, -0.25) is 14.7 Å². The summed E-state index contributed by atoms with van der Waals surface area (Å²) in [5.41, 5.74) is 0.644. The van der Waals surface area contributed by atoms with Gasteiger partial charge in [-0.2, -0.15) is 0 Å². The number of nitrogens with zero attached hydrogens (tertiary/aromatic N) is 2. The van der Waals surface area contributed by atoms with Crippen molar-refractivity contribution < 1.29 is 9.53 Å². The molecular formula is C18H29BrIN5O2. The Morgan fingerprint density at radius 1 is 1.22 bits per heavy atom. The Balaban J connectivity index is 0.00000364. The predicted octanol–water partition coefficient (Wildman–Crippen LogP) is 1.68. The molecule has 0 spiro atoms. The van der Waals surface area contributed by atoms with Crippen LogP contribution in [0.4, 0.5) is 0 Å². The molecule has 1 aromatic carbocycles. The van der Waals surface area contributed by atoms with Gasteiger partial charge < -0.3 is 20.7 Å². The lowest BCUT2D eigenvalue weighted by Crippen LogP contribution is -2.42. The number of rotatable bonds is 8. The number of carbonyl (C=O) groups excluding carboxylic acids is 1. The highest BCUT2D eigenvalue weighted by Gasteiger charge is 2.09. The molecule has 2 rings (SSSR count). The van der Waals surface area contributed by atoms with Crippen molar-refractivity contribution in [2.24, 2.45) is 4.99 Å². The van der Waals surface area contributed by atoms with Crippen molar-refractivity contribution >= 4 is 51.8 Å². The minimum atomic E-state index is -0.0812. The summed E-state index contributed by atoms with van der Waals surface area (Å²) in [6.07, 6.45) is 0. The number of amides is 1. The van der Waals surface area contributed by atoms with E-state index in [1.807, 2.05) is 19.1 Å².